The normalized spacial score (nSPS) is 18.8. The predicted octanol–water partition coefficient (Wildman–Crippen LogP) is 6.71. The fourth-order valence-electron chi connectivity index (χ4n) is 5.38. The molecule has 0 bridgehead atoms. The molecule has 5 nitrogen and oxygen atoms in total. The maximum Gasteiger partial charge on any atom is 0.300 e. The molecule has 37 heavy (non-hydrogen) atoms. The smallest absolute Gasteiger partial charge is 0.300 e. The number of benzene rings is 3. The maximum atomic E-state index is 13.5. The monoisotopic (exact) mass is 495 g/mol. The minimum Gasteiger partial charge on any atom is -0.507 e. The molecule has 0 aromatic heterocycles. The zero-order chi connectivity index (χ0) is 26.1. The number of carbonyl (C=O) groups is 2. The van der Waals surface area contributed by atoms with E-state index >= 15 is 0 Å². The quantitative estimate of drug-likeness (QED) is 0.234. The van der Waals surface area contributed by atoms with Crippen molar-refractivity contribution in [1.29, 1.82) is 0 Å². The van der Waals surface area contributed by atoms with Crippen LogP contribution >= 0.6 is 0 Å². The standard InChI is InChI=1S/C32H33NO4/c1-4-37-27-17-13-23(14-18-27)29-28(30(34)25-10-9-22-7-5-6-8-24(22)19-25)31(35)32(36)33(29)26-15-11-21(12-16-26)20(2)3/h9-20,29,34H,4-8H2,1-3H3/b30-28-. The van der Waals surface area contributed by atoms with Gasteiger partial charge in [-0.05, 0) is 91.1 Å². The molecule has 1 fully saturated rings. The van der Waals surface area contributed by atoms with Crippen LogP contribution in [0.4, 0.5) is 5.69 Å². The second kappa shape index (κ2) is 10.3. The molecule has 0 radical (unpaired) electrons. The number of Topliss-reactive ketones (excluding diaryl/α,β-unsaturated/α-hetero) is 1. The fraction of sp³-hybridized carbons (Fsp3) is 0.312. The summed E-state index contributed by atoms with van der Waals surface area (Å²) >= 11 is 0. The van der Waals surface area contributed by atoms with Gasteiger partial charge in [0.1, 0.15) is 11.5 Å². The molecule has 1 amide bonds. The first kappa shape index (κ1) is 24.8. The molecule has 190 valence electrons. The highest BCUT2D eigenvalue weighted by Crippen LogP contribution is 2.43. The number of nitrogens with zero attached hydrogens (tertiary/aromatic N) is 1. The van der Waals surface area contributed by atoms with E-state index < -0.39 is 17.7 Å². The Morgan fingerprint density at radius 3 is 2.27 bits per heavy atom. The summed E-state index contributed by atoms with van der Waals surface area (Å²) in [6.45, 7) is 6.68. The number of anilines is 1. The molecule has 1 saturated heterocycles. The Hall–Kier alpha value is -3.86. The van der Waals surface area contributed by atoms with Crippen molar-refractivity contribution in [2.75, 3.05) is 11.5 Å². The molecule has 3 aromatic rings. The molecule has 2 aliphatic rings. The van der Waals surface area contributed by atoms with E-state index in [0.29, 0.717) is 29.5 Å². The average Bonchev–Trinajstić information content (AvgIpc) is 3.18. The first-order valence-corrected chi connectivity index (χ1v) is 13.1. The molecule has 5 rings (SSSR count). The van der Waals surface area contributed by atoms with Crippen LogP contribution in [0.2, 0.25) is 0 Å². The number of hydrogen-bond donors (Lipinski definition) is 1. The van der Waals surface area contributed by atoms with Gasteiger partial charge < -0.3 is 9.84 Å². The minimum atomic E-state index is -0.753. The molecule has 0 spiro atoms. The summed E-state index contributed by atoms with van der Waals surface area (Å²) in [5, 5.41) is 11.5. The summed E-state index contributed by atoms with van der Waals surface area (Å²) in [6.07, 6.45) is 4.26. The van der Waals surface area contributed by atoms with Crippen molar-refractivity contribution in [2.24, 2.45) is 0 Å². The van der Waals surface area contributed by atoms with Crippen LogP contribution in [0.15, 0.2) is 72.3 Å². The number of hydrogen-bond acceptors (Lipinski definition) is 4. The molecule has 1 aliphatic heterocycles. The fourth-order valence-corrected chi connectivity index (χ4v) is 5.38. The lowest BCUT2D eigenvalue weighted by atomic mass is 9.88. The van der Waals surface area contributed by atoms with Crippen molar-refractivity contribution >= 4 is 23.1 Å². The van der Waals surface area contributed by atoms with E-state index in [0.717, 1.165) is 36.8 Å². The maximum absolute atomic E-state index is 13.5. The third-order valence-electron chi connectivity index (χ3n) is 7.41. The molecule has 0 saturated carbocycles. The lowest BCUT2D eigenvalue weighted by Gasteiger charge is -2.26. The Labute approximate surface area is 218 Å². The number of aliphatic hydroxyl groups excluding tert-OH is 1. The Balaban J connectivity index is 1.64. The van der Waals surface area contributed by atoms with E-state index in [-0.39, 0.29) is 11.3 Å². The van der Waals surface area contributed by atoms with Crippen LogP contribution < -0.4 is 9.64 Å². The number of carbonyl (C=O) groups excluding carboxylic acids is 2. The van der Waals surface area contributed by atoms with Crippen molar-refractivity contribution < 1.29 is 19.4 Å². The van der Waals surface area contributed by atoms with Crippen LogP contribution in [-0.2, 0) is 22.4 Å². The molecule has 1 heterocycles. The van der Waals surface area contributed by atoms with Crippen LogP contribution in [0, 0.1) is 0 Å². The van der Waals surface area contributed by atoms with Crippen molar-refractivity contribution in [3.63, 3.8) is 0 Å². The summed E-state index contributed by atoms with van der Waals surface area (Å²) in [4.78, 5) is 28.5. The van der Waals surface area contributed by atoms with Crippen LogP contribution in [-0.4, -0.2) is 23.4 Å². The second-order valence-corrected chi connectivity index (χ2v) is 10.1. The molecule has 1 N–H and O–H groups in total. The number of ketones is 1. The van der Waals surface area contributed by atoms with Crippen molar-refractivity contribution in [3.8, 4) is 5.75 Å². The van der Waals surface area contributed by atoms with Gasteiger partial charge in [-0.1, -0.05) is 50.2 Å². The van der Waals surface area contributed by atoms with Gasteiger partial charge >= 0.3 is 0 Å². The van der Waals surface area contributed by atoms with Gasteiger partial charge in [0.2, 0.25) is 0 Å². The molecule has 3 aromatic carbocycles. The summed E-state index contributed by atoms with van der Waals surface area (Å²) < 4.78 is 5.60. The summed E-state index contributed by atoms with van der Waals surface area (Å²) in [7, 11) is 0. The van der Waals surface area contributed by atoms with Crippen LogP contribution in [0.3, 0.4) is 0 Å². The Bertz CT molecular complexity index is 1350. The van der Waals surface area contributed by atoms with Gasteiger partial charge in [-0.25, -0.2) is 0 Å². The molecular formula is C32H33NO4. The zero-order valence-corrected chi connectivity index (χ0v) is 21.7. The van der Waals surface area contributed by atoms with E-state index in [2.05, 4.69) is 13.8 Å². The summed E-state index contributed by atoms with van der Waals surface area (Å²) in [5.41, 5.74) is 5.67. The number of ether oxygens (including phenoxy) is 1. The lowest BCUT2D eigenvalue weighted by molar-refractivity contribution is -0.132. The number of fused-ring (bicyclic) bond motifs is 1. The van der Waals surface area contributed by atoms with E-state index in [4.69, 9.17) is 4.74 Å². The van der Waals surface area contributed by atoms with Crippen LogP contribution in [0.1, 0.15) is 73.4 Å². The van der Waals surface area contributed by atoms with Gasteiger partial charge in [0.25, 0.3) is 11.7 Å². The summed E-state index contributed by atoms with van der Waals surface area (Å²) in [6, 6.07) is 20.2. The average molecular weight is 496 g/mol. The topological polar surface area (TPSA) is 66.8 Å². The number of amides is 1. The third kappa shape index (κ3) is 4.66. The highest BCUT2D eigenvalue weighted by molar-refractivity contribution is 6.51. The summed E-state index contributed by atoms with van der Waals surface area (Å²) in [5.74, 6) is -0.404. The SMILES string of the molecule is CCOc1ccc(C2/C(=C(/O)c3ccc4c(c3)CCCC4)C(=O)C(=O)N2c2ccc(C(C)C)cc2)cc1. The molecule has 1 unspecified atom stereocenters. The van der Waals surface area contributed by atoms with E-state index in [1.54, 1.807) is 0 Å². The molecule has 1 atom stereocenters. The van der Waals surface area contributed by atoms with E-state index in [9.17, 15) is 14.7 Å². The van der Waals surface area contributed by atoms with Crippen LogP contribution in [0.25, 0.3) is 5.76 Å². The van der Waals surface area contributed by atoms with Gasteiger partial charge in [-0.15, -0.1) is 0 Å². The first-order valence-electron chi connectivity index (χ1n) is 13.1. The number of rotatable bonds is 6. The largest absolute Gasteiger partial charge is 0.507 e. The number of aliphatic hydroxyl groups is 1. The van der Waals surface area contributed by atoms with Crippen molar-refractivity contribution in [1.82, 2.24) is 0 Å². The van der Waals surface area contributed by atoms with Gasteiger partial charge in [0.15, 0.2) is 0 Å². The van der Waals surface area contributed by atoms with Crippen molar-refractivity contribution in [3.05, 3.63) is 100 Å². The van der Waals surface area contributed by atoms with Crippen molar-refractivity contribution in [2.45, 2.75) is 58.4 Å². The molecular weight excluding hydrogens is 462 g/mol. The highest BCUT2D eigenvalue weighted by atomic mass is 16.5. The zero-order valence-electron chi connectivity index (χ0n) is 21.7. The van der Waals surface area contributed by atoms with E-state index in [1.807, 2.05) is 73.7 Å². The number of aryl methyl sites for hydroxylation is 2. The van der Waals surface area contributed by atoms with Gasteiger partial charge in [0.05, 0.1) is 18.2 Å². The molecule has 1 aliphatic carbocycles. The Morgan fingerprint density at radius 2 is 1.62 bits per heavy atom. The van der Waals surface area contributed by atoms with Gasteiger partial charge in [-0.3, -0.25) is 14.5 Å². The van der Waals surface area contributed by atoms with Crippen LogP contribution in [0.5, 0.6) is 5.75 Å². The van der Waals surface area contributed by atoms with E-state index in [1.165, 1.54) is 16.0 Å². The highest BCUT2D eigenvalue weighted by Gasteiger charge is 2.47. The lowest BCUT2D eigenvalue weighted by Crippen LogP contribution is -2.29. The van der Waals surface area contributed by atoms with Gasteiger partial charge in [0, 0.05) is 11.3 Å². The first-order chi connectivity index (χ1) is 17.9. The third-order valence-corrected chi connectivity index (χ3v) is 7.41. The minimum absolute atomic E-state index is 0.109. The molecule has 5 heteroatoms. The van der Waals surface area contributed by atoms with Gasteiger partial charge in [-0.2, -0.15) is 0 Å². The second-order valence-electron chi connectivity index (χ2n) is 10.1. The Kier molecular flexibility index (Phi) is 6.88. The predicted molar refractivity (Wildman–Crippen MR) is 146 cm³/mol. The Morgan fingerprint density at radius 1 is 0.946 bits per heavy atom.